The largest absolute Gasteiger partial charge is 1.00 e. The lowest BCUT2D eigenvalue weighted by Crippen LogP contribution is -3.00. The number of rotatable bonds is 3. The van der Waals surface area contributed by atoms with Crippen LogP contribution in [0.1, 0.15) is 18.4 Å². The fourth-order valence-electron chi connectivity index (χ4n) is 6.44. The highest BCUT2D eigenvalue weighted by Crippen LogP contribution is 2.41. The van der Waals surface area contributed by atoms with Crippen molar-refractivity contribution in [3.05, 3.63) is 42.1 Å². The lowest BCUT2D eigenvalue weighted by Gasteiger charge is -2.41. The fourth-order valence-corrected chi connectivity index (χ4v) is 6.44. The molecule has 40 heavy (non-hydrogen) atoms. The van der Waals surface area contributed by atoms with Gasteiger partial charge in [-0.1, -0.05) is 0 Å². The van der Waals surface area contributed by atoms with Gasteiger partial charge >= 0.3 is 6.09 Å². The van der Waals surface area contributed by atoms with Gasteiger partial charge in [-0.2, -0.15) is 4.57 Å². The molecule has 7 rings (SSSR count). The van der Waals surface area contributed by atoms with Gasteiger partial charge in [-0.3, -0.25) is 4.90 Å². The second kappa shape index (κ2) is 11.0. The Bertz CT molecular complexity index is 1430. The van der Waals surface area contributed by atoms with Gasteiger partial charge in [0.1, 0.15) is 0 Å². The zero-order valence-corrected chi connectivity index (χ0v) is 23.8. The first-order valence-corrected chi connectivity index (χ1v) is 13.9. The van der Waals surface area contributed by atoms with Crippen molar-refractivity contribution in [2.24, 2.45) is 0 Å². The minimum atomic E-state index is -0.315. The first-order valence-electron chi connectivity index (χ1n) is 13.9. The van der Waals surface area contributed by atoms with E-state index < -0.39 is 0 Å². The van der Waals surface area contributed by atoms with Crippen LogP contribution in [0.3, 0.4) is 0 Å². The van der Waals surface area contributed by atoms with Crippen molar-refractivity contribution >= 4 is 16.9 Å². The number of piperazine rings is 1. The van der Waals surface area contributed by atoms with E-state index >= 15 is 0 Å². The molecule has 2 saturated heterocycles. The second-order valence-corrected chi connectivity index (χ2v) is 11.0. The molecule has 4 aliphatic heterocycles. The van der Waals surface area contributed by atoms with E-state index in [0.717, 1.165) is 72.7 Å². The van der Waals surface area contributed by atoms with Gasteiger partial charge in [-0.15, -0.1) is 0 Å². The number of methoxy groups -OCH3 is 1. The van der Waals surface area contributed by atoms with Crippen molar-refractivity contribution in [2.45, 2.75) is 31.8 Å². The highest BCUT2D eigenvalue weighted by molar-refractivity contribution is 5.93. The van der Waals surface area contributed by atoms with Gasteiger partial charge in [-0.05, 0) is 68.2 Å². The van der Waals surface area contributed by atoms with Crippen LogP contribution in [0.15, 0.2) is 36.5 Å². The minimum Gasteiger partial charge on any atom is -1.00 e. The van der Waals surface area contributed by atoms with E-state index in [4.69, 9.17) is 18.9 Å². The van der Waals surface area contributed by atoms with Gasteiger partial charge in [0.15, 0.2) is 35.7 Å². The number of amides is 1. The van der Waals surface area contributed by atoms with Gasteiger partial charge in [0.05, 0.1) is 18.1 Å². The zero-order valence-electron chi connectivity index (χ0n) is 23.0. The molecular formula is C30H35ClN4O5. The Balaban J connectivity index is 0.00000289. The van der Waals surface area contributed by atoms with Crippen molar-refractivity contribution in [3.8, 4) is 34.3 Å². The molecule has 2 fully saturated rings. The van der Waals surface area contributed by atoms with E-state index in [9.17, 15) is 4.79 Å². The van der Waals surface area contributed by atoms with Crippen molar-refractivity contribution in [1.82, 2.24) is 14.7 Å². The summed E-state index contributed by atoms with van der Waals surface area (Å²) in [4.78, 5) is 20.1. The molecule has 2 aromatic carbocycles. The van der Waals surface area contributed by atoms with E-state index in [1.165, 1.54) is 18.4 Å². The van der Waals surface area contributed by atoms with Crippen molar-refractivity contribution in [1.29, 1.82) is 0 Å². The zero-order chi connectivity index (χ0) is 26.5. The highest BCUT2D eigenvalue weighted by Gasteiger charge is 2.31. The fraction of sp³-hybridized carbons (Fsp3) is 0.467. The van der Waals surface area contributed by atoms with Crippen LogP contribution in [0.25, 0.3) is 22.0 Å². The number of fused-ring (bicyclic) bond motifs is 5. The average molecular weight is 567 g/mol. The Hall–Kier alpha value is -3.27. The summed E-state index contributed by atoms with van der Waals surface area (Å²) < 4.78 is 25.2. The smallest absolute Gasteiger partial charge is 0.415 e. The predicted molar refractivity (Wildman–Crippen MR) is 146 cm³/mol. The number of hydrogen-bond acceptors (Lipinski definition) is 7. The number of benzene rings is 2. The number of carbonyl (C=O) groups is 1. The first kappa shape index (κ1) is 26.9. The Kier molecular flexibility index (Phi) is 7.37. The number of hydrogen-bond donors (Lipinski definition) is 0. The standard InChI is InChI=1S/C30H35N4O5.ClH/c1-31-8-6-22(7-9-31)32-11-13-33(14-12-32)30(35)39-29-24-18-34-10-5-21-16-27-28(38-19-37-27)17-23(21)25(34)15-20(24)3-4-26(29)36-2;/h3-4,15-18,22H,5-14,19H2,1-2H3;1H/q+1;/p-1. The van der Waals surface area contributed by atoms with Crippen LogP contribution in [0, 0.1) is 0 Å². The molecule has 3 aromatic rings. The Labute approximate surface area is 240 Å². The lowest BCUT2D eigenvalue weighted by atomic mass is 9.95. The average Bonchev–Trinajstić information content (AvgIpc) is 3.43. The molecule has 1 aromatic heterocycles. The third-order valence-electron chi connectivity index (χ3n) is 8.76. The summed E-state index contributed by atoms with van der Waals surface area (Å²) in [6.45, 7) is 6.50. The molecule has 0 saturated carbocycles. The number of piperidine rings is 1. The molecule has 1 amide bonds. The number of likely N-dealkylation sites (tertiary alicyclic amines) is 1. The number of carbonyl (C=O) groups excluding carboxylic acids is 1. The SMILES string of the molecule is COc1ccc2cc3[n+](cc2c1OC(=O)N1CCN(C2CCN(C)CC2)CC1)CCc1cc2c(cc1-3)OCO2.[Cl-]. The molecule has 0 spiro atoms. The van der Waals surface area contributed by atoms with Gasteiger partial charge in [0.25, 0.3) is 0 Å². The highest BCUT2D eigenvalue weighted by atomic mass is 35.5. The summed E-state index contributed by atoms with van der Waals surface area (Å²) in [7, 11) is 3.80. The van der Waals surface area contributed by atoms with Crippen LogP contribution in [0.2, 0.25) is 0 Å². The van der Waals surface area contributed by atoms with Crippen LogP contribution in [0.5, 0.6) is 23.0 Å². The maximum Gasteiger partial charge on any atom is 0.415 e. The second-order valence-electron chi connectivity index (χ2n) is 11.0. The van der Waals surface area contributed by atoms with Crippen LogP contribution < -0.4 is 35.9 Å². The lowest BCUT2D eigenvalue weighted by molar-refractivity contribution is -0.686. The Morgan fingerprint density at radius 2 is 1.75 bits per heavy atom. The number of aryl methyl sites for hydroxylation is 2. The van der Waals surface area contributed by atoms with E-state index in [1.807, 2.05) is 17.0 Å². The Morgan fingerprint density at radius 1 is 1.00 bits per heavy atom. The van der Waals surface area contributed by atoms with Crippen molar-refractivity contribution < 1.29 is 40.7 Å². The molecule has 0 bridgehead atoms. The molecule has 4 aliphatic rings. The maximum absolute atomic E-state index is 13.4. The van der Waals surface area contributed by atoms with Crippen LogP contribution in [0.4, 0.5) is 4.79 Å². The molecule has 10 heteroatoms. The molecule has 0 aliphatic carbocycles. The van der Waals surface area contributed by atoms with Crippen LogP contribution in [-0.4, -0.2) is 87.1 Å². The first-order chi connectivity index (χ1) is 19.1. The van der Waals surface area contributed by atoms with Gasteiger partial charge < -0.3 is 41.2 Å². The van der Waals surface area contributed by atoms with Gasteiger partial charge in [-0.25, -0.2) is 4.79 Å². The Morgan fingerprint density at radius 3 is 2.50 bits per heavy atom. The van der Waals surface area contributed by atoms with E-state index in [-0.39, 0.29) is 25.3 Å². The molecular weight excluding hydrogens is 532 g/mol. The topological polar surface area (TPSA) is 67.6 Å². The monoisotopic (exact) mass is 566 g/mol. The summed E-state index contributed by atoms with van der Waals surface area (Å²) in [5.41, 5.74) is 3.50. The summed E-state index contributed by atoms with van der Waals surface area (Å²) >= 11 is 0. The predicted octanol–water partition coefficient (Wildman–Crippen LogP) is 0.302. The quantitative estimate of drug-likeness (QED) is 0.423. The maximum atomic E-state index is 13.4. The summed E-state index contributed by atoms with van der Waals surface area (Å²) in [5.74, 6) is 2.63. The number of pyridine rings is 1. The van der Waals surface area contributed by atoms with Crippen molar-refractivity contribution in [3.63, 3.8) is 0 Å². The number of halogens is 1. The van der Waals surface area contributed by atoms with Gasteiger partial charge in [0, 0.05) is 44.7 Å². The molecule has 212 valence electrons. The molecule has 5 heterocycles. The molecule has 0 radical (unpaired) electrons. The molecule has 9 nitrogen and oxygen atoms in total. The third-order valence-corrected chi connectivity index (χ3v) is 8.76. The molecule has 0 N–H and O–H groups in total. The van der Waals surface area contributed by atoms with Crippen LogP contribution >= 0.6 is 0 Å². The van der Waals surface area contributed by atoms with Crippen molar-refractivity contribution in [2.75, 3.05) is 60.2 Å². The van der Waals surface area contributed by atoms with E-state index in [1.54, 1.807) is 7.11 Å². The summed E-state index contributed by atoms with van der Waals surface area (Å²) in [6.07, 6.45) is 5.05. The third kappa shape index (κ3) is 4.80. The van der Waals surface area contributed by atoms with Gasteiger partial charge in [0.2, 0.25) is 12.5 Å². The normalized spacial score (nSPS) is 19.1. The number of nitrogens with zero attached hydrogens (tertiary/aromatic N) is 4. The summed E-state index contributed by atoms with van der Waals surface area (Å²) in [6, 6.07) is 10.8. The minimum absolute atomic E-state index is 0. The molecule has 0 unspecified atom stereocenters. The van der Waals surface area contributed by atoms with E-state index in [2.05, 4.69) is 45.8 Å². The van der Waals surface area contributed by atoms with Crippen LogP contribution in [-0.2, 0) is 13.0 Å². The number of ether oxygens (including phenoxy) is 4. The summed E-state index contributed by atoms with van der Waals surface area (Å²) in [5, 5.41) is 1.85. The van der Waals surface area contributed by atoms with E-state index in [0.29, 0.717) is 30.6 Å². The number of aromatic nitrogens is 1. The molecule has 0 atom stereocenters.